The fourth-order valence-corrected chi connectivity index (χ4v) is 1.99. The molecule has 1 aromatic carbocycles. The van der Waals surface area contributed by atoms with Crippen LogP contribution in [-0.2, 0) is 6.42 Å². The van der Waals surface area contributed by atoms with E-state index in [2.05, 4.69) is 6.92 Å². The Kier molecular flexibility index (Phi) is 11.6. The van der Waals surface area contributed by atoms with E-state index in [-0.39, 0.29) is 0 Å². The number of unbranched alkanes of at least 4 members (excludes halogenated alkanes) is 6. The topological polar surface area (TPSA) is 64.2 Å². The zero-order chi connectivity index (χ0) is 14.3. The maximum absolute atomic E-state index is 9.58. The predicted octanol–water partition coefficient (Wildman–Crippen LogP) is 4.53. The van der Waals surface area contributed by atoms with E-state index in [0.29, 0.717) is 5.75 Å². The van der Waals surface area contributed by atoms with Gasteiger partial charge in [-0.3, -0.25) is 0 Å². The SMILES string of the molecule is CCCCCCCCCc1ccccc1O.N#CO. The van der Waals surface area contributed by atoms with E-state index in [9.17, 15) is 5.11 Å². The molecule has 0 unspecified atom stereocenters. The van der Waals surface area contributed by atoms with E-state index in [4.69, 9.17) is 10.4 Å². The highest BCUT2D eigenvalue weighted by Crippen LogP contribution is 2.18. The van der Waals surface area contributed by atoms with Crippen LogP contribution in [-0.4, -0.2) is 10.2 Å². The number of aliphatic hydroxyl groups is 1. The predicted molar refractivity (Wildman–Crippen MR) is 77.4 cm³/mol. The van der Waals surface area contributed by atoms with Gasteiger partial charge in [0.05, 0.1) is 0 Å². The average molecular weight is 263 g/mol. The number of phenols is 1. The van der Waals surface area contributed by atoms with Gasteiger partial charge in [-0.05, 0) is 24.5 Å². The van der Waals surface area contributed by atoms with Crippen LogP contribution in [0.15, 0.2) is 24.3 Å². The highest BCUT2D eigenvalue weighted by Gasteiger charge is 1.98. The standard InChI is InChI=1S/C15H24O.CHNO/c1-2-3-4-5-6-7-8-11-14-12-9-10-13-15(14)16;2-1-3/h9-10,12-13,16H,2-8,11H2,1H3;3H. The van der Waals surface area contributed by atoms with Gasteiger partial charge in [0.1, 0.15) is 5.75 Å². The molecule has 0 heterocycles. The molecule has 1 rings (SSSR count). The molecule has 0 saturated carbocycles. The first-order valence-electron chi connectivity index (χ1n) is 7.06. The molecular weight excluding hydrogens is 238 g/mol. The van der Waals surface area contributed by atoms with E-state index < -0.39 is 0 Å². The number of aromatic hydroxyl groups is 1. The summed E-state index contributed by atoms with van der Waals surface area (Å²) >= 11 is 0. The summed E-state index contributed by atoms with van der Waals surface area (Å²) in [7, 11) is 0. The van der Waals surface area contributed by atoms with Crippen LogP contribution in [0.4, 0.5) is 0 Å². The first kappa shape index (κ1) is 17.3. The zero-order valence-corrected chi connectivity index (χ0v) is 11.8. The summed E-state index contributed by atoms with van der Waals surface area (Å²) in [5.74, 6) is 0.452. The number of hydrogen-bond donors (Lipinski definition) is 2. The maximum atomic E-state index is 9.58. The molecule has 1 aromatic rings. The number of nitrogens with zero attached hydrogens (tertiary/aromatic N) is 1. The van der Waals surface area contributed by atoms with E-state index in [1.165, 1.54) is 44.9 Å². The summed E-state index contributed by atoms with van der Waals surface area (Å²) in [6.45, 7) is 2.25. The molecule has 0 fully saturated rings. The van der Waals surface area contributed by atoms with Crippen molar-refractivity contribution >= 4 is 0 Å². The smallest absolute Gasteiger partial charge is 0.283 e. The van der Waals surface area contributed by atoms with Crippen molar-refractivity contribution in [2.75, 3.05) is 0 Å². The van der Waals surface area contributed by atoms with Gasteiger partial charge in [-0.1, -0.05) is 63.6 Å². The molecule has 3 nitrogen and oxygen atoms in total. The Labute approximate surface area is 116 Å². The highest BCUT2D eigenvalue weighted by molar-refractivity contribution is 5.31. The molecule has 0 bridgehead atoms. The van der Waals surface area contributed by atoms with Gasteiger partial charge in [-0.2, -0.15) is 5.26 Å². The number of aliphatic hydroxyl groups excluding tert-OH is 1. The van der Waals surface area contributed by atoms with Crippen LogP contribution in [0.1, 0.15) is 57.4 Å². The van der Waals surface area contributed by atoms with E-state index >= 15 is 0 Å². The van der Waals surface area contributed by atoms with Crippen LogP contribution in [0.3, 0.4) is 0 Å². The molecule has 0 spiro atoms. The van der Waals surface area contributed by atoms with Crippen LogP contribution in [0, 0.1) is 11.5 Å². The number of para-hydroxylation sites is 1. The van der Waals surface area contributed by atoms with Crippen molar-refractivity contribution in [1.29, 1.82) is 5.26 Å². The van der Waals surface area contributed by atoms with E-state index in [0.717, 1.165) is 18.2 Å². The fourth-order valence-electron chi connectivity index (χ4n) is 1.99. The van der Waals surface area contributed by atoms with E-state index in [1.54, 1.807) is 6.07 Å². The van der Waals surface area contributed by atoms with Gasteiger partial charge in [0, 0.05) is 0 Å². The zero-order valence-electron chi connectivity index (χ0n) is 11.8. The number of rotatable bonds is 8. The Balaban J connectivity index is 0.000000982. The third-order valence-electron chi connectivity index (χ3n) is 3.04. The second-order valence-corrected chi connectivity index (χ2v) is 4.60. The minimum atomic E-state index is 0.452. The van der Waals surface area contributed by atoms with Crippen molar-refractivity contribution in [2.45, 2.75) is 58.3 Å². The quantitative estimate of drug-likeness (QED) is 0.535. The number of benzene rings is 1. The van der Waals surface area contributed by atoms with Gasteiger partial charge in [0.25, 0.3) is 6.26 Å². The maximum Gasteiger partial charge on any atom is 0.283 e. The molecular formula is C16H25NO2. The molecule has 0 radical (unpaired) electrons. The summed E-state index contributed by atoms with van der Waals surface area (Å²) in [5.41, 5.74) is 1.09. The van der Waals surface area contributed by atoms with Gasteiger partial charge in [0.2, 0.25) is 0 Å². The van der Waals surface area contributed by atoms with Crippen LogP contribution in [0.2, 0.25) is 0 Å². The number of nitriles is 1. The summed E-state index contributed by atoms with van der Waals surface area (Å²) in [5, 5.41) is 23.3. The fraction of sp³-hybridized carbons (Fsp3) is 0.562. The molecule has 0 aliphatic carbocycles. The van der Waals surface area contributed by atoms with E-state index in [1.807, 2.05) is 18.2 Å². The van der Waals surface area contributed by atoms with Crippen molar-refractivity contribution < 1.29 is 10.2 Å². The highest BCUT2D eigenvalue weighted by atomic mass is 16.3. The van der Waals surface area contributed by atoms with Gasteiger partial charge >= 0.3 is 0 Å². The van der Waals surface area contributed by atoms with Gasteiger partial charge in [-0.25, -0.2) is 0 Å². The molecule has 19 heavy (non-hydrogen) atoms. The molecule has 3 heteroatoms. The van der Waals surface area contributed by atoms with Crippen molar-refractivity contribution in [2.24, 2.45) is 0 Å². The molecule has 0 atom stereocenters. The van der Waals surface area contributed by atoms with Crippen LogP contribution >= 0.6 is 0 Å². The Morgan fingerprint density at radius 2 is 1.53 bits per heavy atom. The number of hydrogen-bond acceptors (Lipinski definition) is 3. The Hall–Kier alpha value is -1.69. The third-order valence-corrected chi connectivity index (χ3v) is 3.04. The molecule has 0 aliphatic rings. The lowest BCUT2D eigenvalue weighted by atomic mass is 10.0. The first-order chi connectivity index (χ1) is 9.26. The Morgan fingerprint density at radius 1 is 1.00 bits per heavy atom. The van der Waals surface area contributed by atoms with Gasteiger partial charge in [0.15, 0.2) is 0 Å². The molecule has 2 N–H and O–H groups in total. The minimum Gasteiger partial charge on any atom is -0.508 e. The van der Waals surface area contributed by atoms with Crippen molar-refractivity contribution in [3.8, 4) is 12.0 Å². The van der Waals surface area contributed by atoms with Crippen molar-refractivity contribution in [3.05, 3.63) is 29.8 Å². The summed E-state index contributed by atoms with van der Waals surface area (Å²) in [4.78, 5) is 0. The second kappa shape index (κ2) is 12.8. The molecule has 0 saturated heterocycles. The van der Waals surface area contributed by atoms with Gasteiger partial charge < -0.3 is 10.2 Å². The van der Waals surface area contributed by atoms with Crippen LogP contribution < -0.4 is 0 Å². The van der Waals surface area contributed by atoms with Gasteiger partial charge in [-0.15, -0.1) is 0 Å². The van der Waals surface area contributed by atoms with Crippen LogP contribution in [0.5, 0.6) is 5.75 Å². The second-order valence-electron chi connectivity index (χ2n) is 4.60. The third kappa shape index (κ3) is 9.96. The summed E-state index contributed by atoms with van der Waals surface area (Å²) in [6.07, 6.45) is 11.0. The van der Waals surface area contributed by atoms with Crippen molar-refractivity contribution in [1.82, 2.24) is 0 Å². The Morgan fingerprint density at radius 3 is 2.11 bits per heavy atom. The number of aryl methyl sites for hydroxylation is 1. The summed E-state index contributed by atoms with van der Waals surface area (Å²) < 4.78 is 0. The van der Waals surface area contributed by atoms with Crippen molar-refractivity contribution in [3.63, 3.8) is 0 Å². The normalized spacial score (nSPS) is 9.26. The Bertz CT molecular complexity index is 358. The minimum absolute atomic E-state index is 0.452. The molecule has 0 aromatic heterocycles. The molecule has 0 amide bonds. The largest absolute Gasteiger partial charge is 0.508 e. The lowest BCUT2D eigenvalue weighted by molar-refractivity contribution is 0.466. The molecule has 0 aliphatic heterocycles. The lowest BCUT2D eigenvalue weighted by Gasteiger charge is -2.04. The average Bonchev–Trinajstić information content (AvgIpc) is 2.41. The molecule has 106 valence electrons. The number of phenolic OH excluding ortho intramolecular Hbond substituents is 1. The van der Waals surface area contributed by atoms with Crippen LogP contribution in [0.25, 0.3) is 0 Å². The lowest BCUT2D eigenvalue weighted by Crippen LogP contribution is -1.87. The first-order valence-corrected chi connectivity index (χ1v) is 7.06. The summed E-state index contributed by atoms with van der Waals surface area (Å²) in [6, 6.07) is 7.67. The monoisotopic (exact) mass is 263 g/mol.